The van der Waals surface area contributed by atoms with Crippen molar-refractivity contribution in [3.05, 3.63) is 83.4 Å². The number of methoxy groups -OCH3 is 1. The zero-order valence-corrected chi connectivity index (χ0v) is 22.6. The molecule has 1 N–H and O–H groups in total. The number of ether oxygens (including phenoxy) is 2. The number of rotatable bonds is 8. The van der Waals surface area contributed by atoms with E-state index in [1.165, 1.54) is 13.2 Å². The quantitative estimate of drug-likeness (QED) is 0.481. The van der Waals surface area contributed by atoms with Crippen LogP contribution in [-0.4, -0.2) is 70.6 Å². The Balaban J connectivity index is 1.52. The van der Waals surface area contributed by atoms with E-state index in [2.05, 4.69) is 9.62 Å². The van der Waals surface area contributed by atoms with Crippen molar-refractivity contribution in [3.8, 4) is 11.5 Å². The van der Waals surface area contributed by atoms with Crippen LogP contribution in [0, 0.1) is 13.8 Å². The van der Waals surface area contributed by atoms with Crippen molar-refractivity contribution in [2.75, 3.05) is 39.0 Å². The molecule has 0 radical (unpaired) electrons. The monoisotopic (exact) mass is 523 g/mol. The normalized spacial score (nSPS) is 17.6. The molecule has 1 saturated heterocycles. The van der Waals surface area contributed by atoms with Gasteiger partial charge in [0.05, 0.1) is 25.4 Å². The van der Waals surface area contributed by atoms with E-state index in [0.717, 1.165) is 11.1 Å². The molecule has 0 bridgehead atoms. The number of para-hydroxylation sites is 1. The van der Waals surface area contributed by atoms with E-state index in [-0.39, 0.29) is 28.7 Å². The molecule has 9 heteroatoms. The molecule has 2 atom stereocenters. The number of carbonyl (C=O) groups is 1. The van der Waals surface area contributed by atoms with Crippen LogP contribution >= 0.6 is 0 Å². The van der Waals surface area contributed by atoms with E-state index in [0.29, 0.717) is 30.1 Å². The van der Waals surface area contributed by atoms with Gasteiger partial charge in [-0.1, -0.05) is 35.9 Å². The van der Waals surface area contributed by atoms with Crippen LogP contribution in [0.4, 0.5) is 5.69 Å². The SMILES string of the molecule is COc1ccccc1S(=O)(=O)Nc1cccc(O[C@@H]2CN(C(=O)c3cc(C)ccc3C)C[C@H]2N(C)C)c1. The molecule has 0 saturated carbocycles. The molecule has 196 valence electrons. The van der Waals surface area contributed by atoms with Gasteiger partial charge in [-0.3, -0.25) is 9.52 Å². The lowest BCUT2D eigenvalue weighted by Gasteiger charge is -2.25. The lowest BCUT2D eigenvalue weighted by molar-refractivity contribution is 0.0771. The Kier molecular flexibility index (Phi) is 7.75. The predicted molar refractivity (Wildman–Crippen MR) is 144 cm³/mol. The fourth-order valence-corrected chi connectivity index (χ4v) is 5.75. The summed E-state index contributed by atoms with van der Waals surface area (Å²) in [4.78, 5) is 17.3. The summed E-state index contributed by atoms with van der Waals surface area (Å²) in [6, 6.07) is 19.1. The van der Waals surface area contributed by atoms with Crippen molar-refractivity contribution in [1.29, 1.82) is 0 Å². The highest BCUT2D eigenvalue weighted by atomic mass is 32.2. The maximum Gasteiger partial charge on any atom is 0.265 e. The summed E-state index contributed by atoms with van der Waals surface area (Å²) in [5.74, 6) is 0.756. The van der Waals surface area contributed by atoms with Gasteiger partial charge in [-0.05, 0) is 63.8 Å². The van der Waals surface area contributed by atoms with E-state index in [4.69, 9.17) is 9.47 Å². The third-order valence-electron chi connectivity index (χ3n) is 6.54. The summed E-state index contributed by atoms with van der Waals surface area (Å²) in [6.45, 7) is 4.87. The van der Waals surface area contributed by atoms with Crippen LogP contribution in [0.3, 0.4) is 0 Å². The second-order valence-corrected chi connectivity index (χ2v) is 11.2. The molecular formula is C28H33N3O5S. The first-order valence-corrected chi connectivity index (χ1v) is 13.5. The van der Waals surface area contributed by atoms with Crippen LogP contribution in [-0.2, 0) is 10.0 Å². The Hall–Kier alpha value is -3.56. The fraction of sp³-hybridized carbons (Fsp3) is 0.321. The first-order chi connectivity index (χ1) is 17.6. The zero-order chi connectivity index (χ0) is 26.7. The van der Waals surface area contributed by atoms with Gasteiger partial charge in [0, 0.05) is 18.2 Å². The van der Waals surface area contributed by atoms with Gasteiger partial charge in [-0.2, -0.15) is 0 Å². The molecule has 8 nitrogen and oxygen atoms in total. The molecule has 1 aliphatic rings. The van der Waals surface area contributed by atoms with E-state index in [1.807, 2.05) is 51.0 Å². The Morgan fingerprint density at radius 1 is 1.00 bits per heavy atom. The maximum atomic E-state index is 13.3. The number of likely N-dealkylation sites (N-methyl/N-ethyl adjacent to an activating group) is 1. The van der Waals surface area contributed by atoms with Crippen molar-refractivity contribution in [3.63, 3.8) is 0 Å². The number of sulfonamides is 1. The standard InChI is InChI=1S/C28H33N3O5S/c1-19-13-14-20(2)23(15-19)28(32)31-17-24(30(3)4)26(18-31)36-22-10-8-9-21(16-22)29-37(33,34)27-12-7-6-11-25(27)35-5/h6-16,24,26,29H,17-18H2,1-5H3/t24-,26-/m1/s1. The number of nitrogens with zero attached hydrogens (tertiary/aromatic N) is 2. The Labute approximate surface area is 218 Å². The van der Waals surface area contributed by atoms with Gasteiger partial charge in [0.25, 0.3) is 15.9 Å². The van der Waals surface area contributed by atoms with Crippen LogP contribution in [0.1, 0.15) is 21.5 Å². The smallest absolute Gasteiger partial charge is 0.265 e. The van der Waals surface area contributed by atoms with Crippen molar-refractivity contribution in [2.24, 2.45) is 0 Å². The van der Waals surface area contributed by atoms with Crippen molar-refractivity contribution < 1.29 is 22.7 Å². The van der Waals surface area contributed by atoms with Crippen LogP contribution < -0.4 is 14.2 Å². The first-order valence-electron chi connectivity index (χ1n) is 12.0. The Morgan fingerprint density at radius 2 is 1.76 bits per heavy atom. The molecule has 1 amide bonds. The second-order valence-electron chi connectivity index (χ2n) is 9.50. The minimum atomic E-state index is -3.87. The average Bonchev–Trinajstić information content (AvgIpc) is 3.29. The number of benzene rings is 3. The third kappa shape index (κ3) is 5.89. The fourth-order valence-electron chi connectivity index (χ4n) is 4.53. The maximum absolute atomic E-state index is 13.3. The number of aryl methyl sites for hydroxylation is 2. The van der Waals surface area contributed by atoms with Crippen molar-refractivity contribution in [2.45, 2.75) is 30.9 Å². The average molecular weight is 524 g/mol. The topological polar surface area (TPSA) is 88.2 Å². The van der Waals surface area contributed by atoms with Crippen LogP contribution in [0.5, 0.6) is 11.5 Å². The Morgan fingerprint density at radius 3 is 2.49 bits per heavy atom. The lowest BCUT2D eigenvalue weighted by Crippen LogP contribution is -2.41. The minimum absolute atomic E-state index is 0.0162. The number of hydrogen-bond donors (Lipinski definition) is 1. The lowest BCUT2D eigenvalue weighted by atomic mass is 10.0. The summed E-state index contributed by atoms with van der Waals surface area (Å²) in [5.41, 5.74) is 3.05. The summed E-state index contributed by atoms with van der Waals surface area (Å²) < 4.78 is 40.1. The number of nitrogens with one attached hydrogen (secondary N) is 1. The van der Waals surface area contributed by atoms with E-state index in [9.17, 15) is 13.2 Å². The number of anilines is 1. The molecule has 0 spiro atoms. The molecule has 37 heavy (non-hydrogen) atoms. The van der Waals surface area contributed by atoms with E-state index < -0.39 is 10.0 Å². The number of carbonyl (C=O) groups excluding carboxylic acids is 1. The molecule has 0 aromatic heterocycles. The van der Waals surface area contributed by atoms with Gasteiger partial charge in [0.2, 0.25) is 0 Å². The number of hydrogen-bond acceptors (Lipinski definition) is 6. The highest BCUT2D eigenvalue weighted by Crippen LogP contribution is 2.28. The van der Waals surface area contributed by atoms with Crippen LogP contribution in [0.2, 0.25) is 0 Å². The van der Waals surface area contributed by atoms with Gasteiger partial charge in [0.15, 0.2) is 0 Å². The molecule has 1 heterocycles. The molecule has 3 aromatic rings. The summed E-state index contributed by atoms with van der Waals surface area (Å²) in [6.07, 6.45) is -0.287. The summed E-state index contributed by atoms with van der Waals surface area (Å²) in [5, 5.41) is 0. The molecule has 0 aliphatic carbocycles. The molecule has 1 aliphatic heterocycles. The zero-order valence-electron chi connectivity index (χ0n) is 21.8. The molecule has 3 aromatic carbocycles. The van der Waals surface area contributed by atoms with Gasteiger partial charge >= 0.3 is 0 Å². The largest absolute Gasteiger partial charge is 0.495 e. The predicted octanol–water partition coefficient (Wildman–Crippen LogP) is 3.95. The molecule has 1 fully saturated rings. The van der Waals surface area contributed by atoms with Crippen LogP contribution in [0.15, 0.2) is 71.6 Å². The Bertz CT molecular complexity index is 1390. The van der Waals surface area contributed by atoms with Gasteiger partial charge in [0.1, 0.15) is 22.5 Å². The third-order valence-corrected chi connectivity index (χ3v) is 7.96. The highest BCUT2D eigenvalue weighted by molar-refractivity contribution is 7.92. The summed E-state index contributed by atoms with van der Waals surface area (Å²) >= 11 is 0. The van der Waals surface area contributed by atoms with Crippen molar-refractivity contribution in [1.82, 2.24) is 9.80 Å². The minimum Gasteiger partial charge on any atom is -0.495 e. The van der Waals surface area contributed by atoms with Gasteiger partial charge in [-0.15, -0.1) is 0 Å². The van der Waals surface area contributed by atoms with E-state index in [1.54, 1.807) is 42.5 Å². The van der Waals surface area contributed by atoms with Gasteiger partial charge in [-0.25, -0.2) is 8.42 Å². The van der Waals surface area contributed by atoms with Crippen molar-refractivity contribution >= 4 is 21.6 Å². The van der Waals surface area contributed by atoms with Gasteiger partial charge < -0.3 is 19.3 Å². The highest BCUT2D eigenvalue weighted by Gasteiger charge is 2.38. The molecule has 0 unspecified atom stereocenters. The van der Waals surface area contributed by atoms with Crippen LogP contribution in [0.25, 0.3) is 0 Å². The number of amides is 1. The van der Waals surface area contributed by atoms with E-state index >= 15 is 0 Å². The molecular weight excluding hydrogens is 490 g/mol. The second kappa shape index (κ2) is 10.8. The summed E-state index contributed by atoms with van der Waals surface area (Å²) in [7, 11) is 1.48. The first kappa shape index (κ1) is 26.5. The number of likely N-dealkylation sites (tertiary alicyclic amines) is 1. The molecule has 4 rings (SSSR count).